The van der Waals surface area contributed by atoms with Gasteiger partial charge in [0.15, 0.2) is 0 Å². The lowest BCUT2D eigenvalue weighted by Crippen LogP contribution is -2.28. The van der Waals surface area contributed by atoms with E-state index in [-0.39, 0.29) is 5.41 Å². The SMILES string of the molecule is CCC(CC)(CBr)COc1cccc(Br)c1. The zero-order valence-electron chi connectivity index (χ0n) is 9.80. The molecule has 0 heterocycles. The molecule has 0 radical (unpaired) electrons. The summed E-state index contributed by atoms with van der Waals surface area (Å²) < 4.78 is 6.92. The molecule has 0 bridgehead atoms. The van der Waals surface area contributed by atoms with E-state index in [1.54, 1.807) is 0 Å². The molecule has 3 heteroatoms. The van der Waals surface area contributed by atoms with Gasteiger partial charge in [-0.3, -0.25) is 0 Å². The molecule has 0 saturated carbocycles. The smallest absolute Gasteiger partial charge is 0.120 e. The maximum Gasteiger partial charge on any atom is 0.120 e. The molecular formula is C13H18Br2O. The standard InChI is InChI=1S/C13H18Br2O/c1-3-13(4-2,9-14)10-16-12-7-5-6-11(15)8-12/h5-8H,3-4,9-10H2,1-2H3. The molecule has 1 rings (SSSR count). The average molecular weight is 350 g/mol. The third kappa shape index (κ3) is 3.77. The molecule has 0 N–H and O–H groups in total. The van der Waals surface area contributed by atoms with Crippen molar-refractivity contribution in [1.82, 2.24) is 0 Å². The number of benzene rings is 1. The van der Waals surface area contributed by atoms with Crippen molar-refractivity contribution < 1.29 is 4.74 Å². The lowest BCUT2D eigenvalue weighted by Gasteiger charge is -2.29. The number of alkyl halides is 1. The van der Waals surface area contributed by atoms with E-state index in [9.17, 15) is 0 Å². The Labute approximate surface area is 115 Å². The van der Waals surface area contributed by atoms with Gasteiger partial charge >= 0.3 is 0 Å². The van der Waals surface area contributed by atoms with E-state index < -0.39 is 0 Å². The van der Waals surface area contributed by atoms with Crippen molar-refractivity contribution in [3.05, 3.63) is 28.7 Å². The molecule has 90 valence electrons. The van der Waals surface area contributed by atoms with E-state index in [2.05, 4.69) is 45.7 Å². The molecule has 1 aromatic carbocycles. The fourth-order valence-corrected chi connectivity index (χ4v) is 2.81. The third-order valence-corrected chi connectivity index (χ3v) is 4.81. The molecule has 0 aliphatic heterocycles. The van der Waals surface area contributed by atoms with Gasteiger partial charge in [-0.1, -0.05) is 51.8 Å². The van der Waals surface area contributed by atoms with Gasteiger partial charge in [-0.25, -0.2) is 0 Å². The Balaban J connectivity index is 2.62. The van der Waals surface area contributed by atoms with Crippen molar-refractivity contribution in [2.45, 2.75) is 26.7 Å². The minimum atomic E-state index is 0.252. The first-order valence-corrected chi connectivity index (χ1v) is 7.51. The molecule has 0 unspecified atom stereocenters. The van der Waals surface area contributed by atoms with Crippen LogP contribution >= 0.6 is 31.9 Å². The molecule has 0 atom stereocenters. The molecule has 0 aromatic heterocycles. The van der Waals surface area contributed by atoms with E-state index >= 15 is 0 Å². The Morgan fingerprint density at radius 2 is 1.94 bits per heavy atom. The highest BCUT2D eigenvalue weighted by Gasteiger charge is 2.25. The zero-order chi connectivity index (χ0) is 12.0. The van der Waals surface area contributed by atoms with E-state index in [4.69, 9.17) is 4.74 Å². The van der Waals surface area contributed by atoms with E-state index in [1.807, 2.05) is 24.3 Å². The monoisotopic (exact) mass is 348 g/mol. The Hall–Kier alpha value is -0.0200. The van der Waals surface area contributed by atoms with Crippen LogP contribution in [0.5, 0.6) is 5.75 Å². The van der Waals surface area contributed by atoms with Gasteiger partial charge in [0.05, 0.1) is 6.61 Å². The van der Waals surface area contributed by atoms with Gasteiger partial charge in [-0.05, 0) is 31.0 Å². The highest BCUT2D eigenvalue weighted by Crippen LogP contribution is 2.30. The molecule has 0 fully saturated rings. The Kier molecular flexibility index (Phi) is 5.84. The number of ether oxygens (including phenoxy) is 1. The molecule has 16 heavy (non-hydrogen) atoms. The topological polar surface area (TPSA) is 9.23 Å². The van der Waals surface area contributed by atoms with Crippen molar-refractivity contribution >= 4 is 31.9 Å². The average Bonchev–Trinajstić information content (AvgIpc) is 2.32. The Morgan fingerprint density at radius 3 is 2.44 bits per heavy atom. The predicted octanol–water partition coefficient (Wildman–Crippen LogP) is 5.03. The van der Waals surface area contributed by atoms with Crippen molar-refractivity contribution in [3.8, 4) is 5.75 Å². The molecule has 0 aliphatic rings. The maximum atomic E-state index is 5.86. The molecule has 0 saturated heterocycles. The van der Waals surface area contributed by atoms with Crippen LogP contribution in [0.15, 0.2) is 28.7 Å². The maximum absolute atomic E-state index is 5.86. The summed E-state index contributed by atoms with van der Waals surface area (Å²) in [5.74, 6) is 0.932. The number of hydrogen-bond donors (Lipinski definition) is 0. The second kappa shape index (κ2) is 6.65. The lowest BCUT2D eigenvalue weighted by molar-refractivity contribution is 0.158. The summed E-state index contributed by atoms with van der Waals surface area (Å²) in [5.41, 5.74) is 0.252. The summed E-state index contributed by atoms with van der Waals surface area (Å²) >= 11 is 7.04. The van der Waals surface area contributed by atoms with Crippen molar-refractivity contribution in [3.63, 3.8) is 0 Å². The lowest BCUT2D eigenvalue weighted by atomic mass is 9.86. The fourth-order valence-electron chi connectivity index (χ4n) is 1.47. The van der Waals surface area contributed by atoms with Gasteiger partial charge in [-0.2, -0.15) is 0 Å². The first kappa shape index (κ1) is 14.0. The largest absolute Gasteiger partial charge is 0.493 e. The van der Waals surface area contributed by atoms with Crippen molar-refractivity contribution in [1.29, 1.82) is 0 Å². The zero-order valence-corrected chi connectivity index (χ0v) is 13.0. The summed E-state index contributed by atoms with van der Waals surface area (Å²) in [6.07, 6.45) is 2.26. The van der Waals surface area contributed by atoms with Gasteiger partial charge in [-0.15, -0.1) is 0 Å². The van der Waals surface area contributed by atoms with Crippen LogP contribution in [0.1, 0.15) is 26.7 Å². The molecule has 1 nitrogen and oxygen atoms in total. The predicted molar refractivity (Wildman–Crippen MR) is 76.4 cm³/mol. The Bertz CT molecular complexity index is 313. The van der Waals surface area contributed by atoms with Crippen LogP contribution in [0.2, 0.25) is 0 Å². The van der Waals surface area contributed by atoms with Crippen molar-refractivity contribution in [2.75, 3.05) is 11.9 Å². The fraction of sp³-hybridized carbons (Fsp3) is 0.538. The second-order valence-electron chi connectivity index (χ2n) is 4.09. The summed E-state index contributed by atoms with van der Waals surface area (Å²) in [6.45, 7) is 5.20. The molecule has 0 spiro atoms. The number of halogens is 2. The van der Waals surface area contributed by atoms with Crippen LogP contribution in [0.3, 0.4) is 0 Å². The molecular weight excluding hydrogens is 332 g/mol. The van der Waals surface area contributed by atoms with Crippen LogP contribution in [-0.2, 0) is 0 Å². The minimum Gasteiger partial charge on any atom is -0.493 e. The molecule has 0 aliphatic carbocycles. The molecule has 1 aromatic rings. The van der Waals surface area contributed by atoms with E-state index in [0.717, 1.165) is 35.0 Å². The van der Waals surface area contributed by atoms with Crippen LogP contribution in [0.25, 0.3) is 0 Å². The second-order valence-corrected chi connectivity index (χ2v) is 5.56. The Morgan fingerprint density at radius 1 is 1.25 bits per heavy atom. The van der Waals surface area contributed by atoms with Crippen LogP contribution in [0.4, 0.5) is 0 Å². The number of rotatable bonds is 6. The van der Waals surface area contributed by atoms with Crippen LogP contribution < -0.4 is 4.74 Å². The van der Waals surface area contributed by atoms with Crippen molar-refractivity contribution in [2.24, 2.45) is 5.41 Å². The van der Waals surface area contributed by atoms with Gasteiger partial charge < -0.3 is 4.74 Å². The first-order valence-electron chi connectivity index (χ1n) is 5.60. The normalized spacial score (nSPS) is 11.5. The van der Waals surface area contributed by atoms with E-state index in [0.29, 0.717) is 0 Å². The summed E-state index contributed by atoms with van der Waals surface area (Å²) in [5, 5.41) is 0.987. The summed E-state index contributed by atoms with van der Waals surface area (Å²) in [4.78, 5) is 0. The quantitative estimate of drug-likeness (QED) is 0.654. The van der Waals surface area contributed by atoms with Gasteiger partial charge in [0.1, 0.15) is 5.75 Å². The minimum absolute atomic E-state index is 0.252. The third-order valence-electron chi connectivity index (χ3n) is 3.12. The summed E-state index contributed by atoms with van der Waals surface area (Å²) in [7, 11) is 0. The van der Waals surface area contributed by atoms with Gasteiger partial charge in [0.25, 0.3) is 0 Å². The number of hydrogen-bond acceptors (Lipinski definition) is 1. The molecule has 0 amide bonds. The van der Waals surface area contributed by atoms with Crippen LogP contribution in [0, 0.1) is 5.41 Å². The highest BCUT2D eigenvalue weighted by molar-refractivity contribution is 9.10. The summed E-state index contributed by atoms with van der Waals surface area (Å²) in [6, 6.07) is 8.00. The van der Waals surface area contributed by atoms with Gasteiger partial charge in [0, 0.05) is 15.2 Å². The van der Waals surface area contributed by atoms with Gasteiger partial charge in [0.2, 0.25) is 0 Å². The van der Waals surface area contributed by atoms with E-state index in [1.165, 1.54) is 0 Å². The van der Waals surface area contributed by atoms with Crippen LogP contribution in [-0.4, -0.2) is 11.9 Å². The first-order chi connectivity index (χ1) is 7.65. The highest BCUT2D eigenvalue weighted by atomic mass is 79.9.